The number of anilines is 1. The quantitative estimate of drug-likeness (QED) is 0.685. The molecule has 2 unspecified atom stereocenters. The summed E-state index contributed by atoms with van der Waals surface area (Å²) >= 11 is 7.25. The van der Waals surface area contributed by atoms with Crippen molar-refractivity contribution in [1.29, 1.82) is 0 Å². The van der Waals surface area contributed by atoms with Gasteiger partial charge in [-0.1, -0.05) is 26.8 Å². The molecule has 0 aromatic heterocycles. The minimum absolute atomic E-state index is 0.447. The van der Waals surface area contributed by atoms with Crippen LogP contribution >= 0.6 is 31.9 Å². The van der Waals surface area contributed by atoms with E-state index in [4.69, 9.17) is 0 Å². The topological polar surface area (TPSA) is 12.0 Å². The van der Waals surface area contributed by atoms with Crippen molar-refractivity contribution < 1.29 is 0 Å². The summed E-state index contributed by atoms with van der Waals surface area (Å²) in [5.41, 5.74) is 1.63. The molecule has 2 atom stereocenters. The Morgan fingerprint density at radius 3 is 2.33 bits per heavy atom. The van der Waals surface area contributed by atoms with Crippen LogP contribution < -0.4 is 5.32 Å². The molecule has 1 aromatic rings. The van der Waals surface area contributed by atoms with Gasteiger partial charge in [0.25, 0.3) is 0 Å². The number of para-hydroxylation sites is 1. The van der Waals surface area contributed by atoms with Crippen LogP contribution in [0.5, 0.6) is 0 Å². The van der Waals surface area contributed by atoms with E-state index in [9.17, 15) is 0 Å². The highest BCUT2D eigenvalue weighted by atomic mass is 79.9. The minimum atomic E-state index is 0.447. The zero-order valence-corrected chi connectivity index (χ0v) is 14.4. The third kappa shape index (κ3) is 3.51. The van der Waals surface area contributed by atoms with Crippen LogP contribution in [0.25, 0.3) is 0 Å². The molecule has 1 fully saturated rings. The van der Waals surface area contributed by atoms with Gasteiger partial charge < -0.3 is 5.32 Å². The molecule has 0 spiro atoms. The highest BCUT2D eigenvalue weighted by Crippen LogP contribution is 2.41. The second-order valence-corrected chi connectivity index (χ2v) is 8.06. The van der Waals surface area contributed by atoms with E-state index in [-0.39, 0.29) is 0 Å². The fourth-order valence-electron chi connectivity index (χ4n) is 3.30. The molecule has 3 heteroatoms. The highest BCUT2D eigenvalue weighted by molar-refractivity contribution is 9.11. The van der Waals surface area contributed by atoms with Crippen LogP contribution in [0.2, 0.25) is 0 Å². The first-order valence-corrected chi connectivity index (χ1v) is 8.16. The van der Waals surface area contributed by atoms with Crippen LogP contribution in [0.3, 0.4) is 0 Å². The van der Waals surface area contributed by atoms with Crippen molar-refractivity contribution in [3.05, 3.63) is 27.1 Å². The van der Waals surface area contributed by atoms with Crippen molar-refractivity contribution in [2.24, 2.45) is 11.3 Å². The molecule has 0 aliphatic heterocycles. The summed E-state index contributed by atoms with van der Waals surface area (Å²) in [5.74, 6) is 0.799. The smallest absolute Gasteiger partial charge is 0.0631 e. The van der Waals surface area contributed by atoms with Gasteiger partial charge in [-0.25, -0.2) is 0 Å². The van der Waals surface area contributed by atoms with E-state index < -0.39 is 0 Å². The molecule has 1 aliphatic carbocycles. The van der Waals surface area contributed by atoms with Gasteiger partial charge in [-0.3, -0.25) is 0 Å². The molecule has 0 amide bonds. The lowest BCUT2D eigenvalue weighted by Gasteiger charge is -2.40. The summed E-state index contributed by atoms with van der Waals surface area (Å²) in [6, 6.07) is 6.79. The maximum atomic E-state index is 3.71. The van der Waals surface area contributed by atoms with Gasteiger partial charge in [-0.15, -0.1) is 0 Å². The van der Waals surface area contributed by atoms with Crippen LogP contribution in [0.1, 0.15) is 40.0 Å². The monoisotopic (exact) mass is 373 g/mol. The van der Waals surface area contributed by atoms with Crippen LogP contribution in [-0.2, 0) is 0 Å². The Morgan fingerprint density at radius 1 is 1.17 bits per heavy atom. The van der Waals surface area contributed by atoms with Crippen molar-refractivity contribution in [1.82, 2.24) is 0 Å². The van der Waals surface area contributed by atoms with Crippen molar-refractivity contribution in [3.63, 3.8) is 0 Å². The molecule has 1 saturated carbocycles. The van der Waals surface area contributed by atoms with Crippen molar-refractivity contribution >= 4 is 37.5 Å². The van der Waals surface area contributed by atoms with Crippen molar-refractivity contribution in [3.8, 4) is 0 Å². The number of rotatable bonds is 2. The largest absolute Gasteiger partial charge is 0.380 e. The number of nitrogens with one attached hydrogen (secondary N) is 1. The number of benzene rings is 1. The zero-order chi connectivity index (χ0) is 13.3. The van der Waals surface area contributed by atoms with Gasteiger partial charge in [0.2, 0.25) is 0 Å². The van der Waals surface area contributed by atoms with Gasteiger partial charge in [0.1, 0.15) is 0 Å². The van der Waals surface area contributed by atoms with Gasteiger partial charge in [-0.05, 0) is 74.6 Å². The van der Waals surface area contributed by atoms with Crippen molar-refractivity contribution in [2.75, 3.05) is 5.32 Å². The summed E-state index contributed by atoms with van der Waals surface area (Å²) in [7, 11) is 0. The Labute approximate surface area is 127 Å². The lowest BCUT2D eigenvalue weighted by molar-refractivity contribution is 0.178. The van der Waals surface area contributed by atoms with Crippen molar-refractivity contribution in [2.45, 2.75) is 46.1 Å². The standard InChI is InChI=1S/C15H21Br2N/c1-10-7-11(9-15(2,3)8-10)18-14-12(16)5-4-6-13(14)17/h4-6,10-11,18H,7-9H2,1-3H3. The molecular formula is C15H21Br2N. The Kier molecular flexibility index (Phi) is 4.43. The predicted molar refractivity (Wildman–Crippen MR) is 86.0 cm³/mol. The molecule has 0 saturated heterocycles. The Bertz CT molecular complexity index is 408. The molecular weight excluding hydrogens is 354 g/mol. The minimum Gasteiger partial charge on any atom is -0.380 e. The molecule has 1 N–H and O–H groups in total. The van der Waals surface area contributed by atoms with Gasteiger partial charge in [-0.2, -0.15) is 0 Å². The average molecular weight is 375 g/mol. The maximum absolute atomic E-state index is 3.71. The molecule has 1 nitrogen and oxygen atoms in total. The molecule has 100 valence electrons. The third-order valence-electron chi connectivity index (χ3n) is 3.70. The molecule has 0 heterocycles. The van der Waals surface area contributed by atoms with Crippen LogP contribution in [0, 0.1) is 11.3 Å². The molecule has 2 rings (SSSR count). The van der Waals surface area contributed by atoms with E-state index in [0.717, 1.165) is 14.9 Å². The van der Waals surface area contributed by atoms with Gasteiger partial charge in [0.15, 0.2) is 0 Å². The van der Waals surface area contributed by atoms with E-state index in [1.165, 1.54) is 24.9 Å². The first-order chi connectivity index (χ1) is 8.37. The Morgan fingerprint density at radius 2 is 1.78 bits per heavy atom. The van der Waals surface area contributed by atoms with Gasteiger partial charge >= 0.3 is 0 Å². The summed E-state index contributed by atoms with van der Waals surface area (Å²) in [6.45, 7) is 7.13. The first-order valence-electron chi connectivity index (χ1n) is 6.58. The summed E-state index contributed by atoms with van der Waals surface area (Å²) < 4.78 is 2.26. The molecule has 0 bridgehead atoms. The third-order valence-corrected chi connectivity index (χ3v) is 5.02. The molecule has 0 radical (unpaired) electrons. The van der Waals surface area contributed by atoms with E-state index in [1.807, 2.05) is 6.07 Å². The van der Waals surface area contributed by atoms with Crippen LogP contribution in [0.4, 0.5) is 5.69 Å². The summed E-state index contributed by atoms with van der Waals surface area (Å²) in [4.78, 5) is 0. The second kappa shape index (κ2) is 5.54. The number of hydrogen-bond donors (Lipinski definition) is 1. The highest BCUT2D eigenvalue weighted by Gasteiger charge is 2.32. The summed E-state index contributed by atoms with van der Waals surface area (Å²) in [5, 5.41) is 3.71. The average Bonchev–Trinajstić information content (AvgIpc) is 2.21. The predicted octanol–water partition coefficient (Wildman–Crippen LogP) is 5.84. The summed E-state index contributed by atoms with van der Waals surface area (Å²) in [6.07, 6.45) is 3.84. The first kappa shape index (κ1) is 14.4. The maximum Gasteiger partial charge on any atom is 0.0631 e. The Balaban J connectivity index is 2.14. The van der Waals surface area contributed by atoms with Gasteiger partial charge in [0, 0.05) is 15.0 Å². The fourth-order valence-corrected chi connectivity index (χ4v) is 4.52. The fraction of sp³-hybridized carbons (Fsp3) is 0.600. The molecule has 1 aliphatic rings. The lowest BCUT2D eigenvalue weighted by atomic mass is 9.70. The van der Waals surface area contributed by atoms with E-state index in [2.05, 4.69) is 70.1 Å². The number of halogens is 2. The van der Waals surface area contributed by atoms with Gasteiger partial charge in [0.05, 0.1) is 5.69 Å². The lowest BCUT2D eigenvalue weighted by Crippen LogP contribution is -2.35. The van der Waals surface area contributed by atoms with E-state index in [1.54, 1.807) is 0 Å². The van der Waals surface area contributed by atoms with Crippen LogP contribution in [-0.4, -0.2) is 6.04 Å². The van der Waals surface area contributed by atoms with E-state index in [0.29, 0.717) is 11.5 Å². The molecule has 18 heavy (non-hydrogen) atoms. The number of hydrogen-bond acceptors (Lipinski definition) is 1. The van der Waals surface area contributed by atoms with Crippen LogP contribution in [0.15, 0.2) is 27.1 Å². The second-order valence-electron chi connectivity index (χ2n) is 6.35. The zero-order valence-electron chi connectivity index (χ0n) is 11.3. The van der Waals surface area contributed by atoms with E-state index >= 15 is 0 Å². The SMILES string of the molecule is CC1CC(Nc2c(Br)cccc2Br)CC(C)(C)C1. The Hall–Kier alpha value is -0.0200. The molecule has 1 aromatic carbocycles. The normalized spacial score (nSPS) is 26.9.